The molecule has 5 aliphatic carbocycles. The third kappa shape index (κ3) is 4.89. The Morgan fingerprint density at radius 2 is 0.866 bits per heavy atom. The molecule has 318 valence electrons. The summed E-state index contributed by atoms with van der Waals surface area (Å²) in [5, 5.41) is 0. The van der Waals surface area contributed by atoms with E-state index in [9.17, 15) is 0 Å². The number of fused-ring (bicyclic) bond motifs is 18. The lowest BCUT2D eigenvalue weighted by Crippen LogP contribution is -2.45. The van der Waals surface area contributed by atoms with Gasteiger partial charge in [0.15, 0.2) is 0 Å². The molecule has 0 aliphatic heterocycles. The molecule has 2 spiro atoms. The van der Waals surface area contributed by atoms with Crippen molar-refractivity contribution in [3.05, 3.63) is 286 Å². The normalized spacial score (nSPS) is 18.9. The van der Waals surface area contributed by atoms with Crippen LogP contribution in [0.5, 0.6) is 0 Å². The number of allylic oxidation sites excluding steroid dienone is 4. The molecule has 0 saturated carbocycles. The topological polar surface area (TPSA) is 3.24 Å². The second kappa shape index (κ2) is 13.9. The van der Waals surface area contributed by atoms with E-state index >= 15 is 0 Å². The minimum absolute atomic E-state index is 0.105. The van der Waals surface area contributed by atoms with Crippen LogP contribution in [0, 0.1) is 5.92 Å². The van der Waals surface area contributed by atoms with Crippen molar-refractivity contribution in [2.24, 2.45) is 5.92 Å². The second-order valence-corrected chi connectivity index (χ2v) is 19.9. The Bertz CT molecular complexity index is 3560. The van der Waals surface area contributed by atoms with Gasteiger partial charge in [-0.1, -0.05) is 209 Å². The highest BCUT2D eigenvalue weighted by molar-refractivity contribution is 5.98. The Kier molecular flexibility index (Phi) is 7.99. The van der Waals surface area contributed by atoms with Crippen LogP contribution in [0.4, 0.5) is 17.1 Å². The minimum Gasteiger partial charge on any atom is -0.310 e. The van der Waals surface area contributed by atoms with Gasteiger partial charge in [0.1, 0.15) is 0 Å². The fourth-order valence-electron chi connectivity index (χ4n) is 13.8. The lowest BCUT2D eigenvalue weighted by Gasteiger charge is -2.51. The Morgan fingerprint density at radius 1 is 0.388 bits per heavy atom. The average molecular weight is 856 g/mol. The summed E-state index contributed by atoms with van der Waals surface area (Å²) in [6, 6.07) is 80.9. The first-order chi connectivity index (χ1) is 32.9. The maximum atomic E-state index is 2.50. The van der Waals surface area contributed by atoms with Gasteiger partial charge in [0.05, 0.1) is 10.8 Å². The zero-order chi connectivity index (χ0) is 44.6. The maximum Gasteiger partial charge on any atom is 0.0725 e. The van der Waals surface area contributed by atoms with Crippen LogP contribution in [0.3, 0.4) is 0 Å². The molecule has 0 aromatic heterocycles. The summed E-state index contributed by atoms with van der Waals surface area (Å²) in [5.41, 5.74) is 26.8. The van der Waals surface area contributed by atoms with Gasteiger partial charge in [-0.25, -0.2) is 0 Å². The van der Waals surface area contributed by atoms with Gasteiger partial charge in [-0.15, -0.1) is 0 Å². The second-order valence-electron chi connectivity index (χ2n) is 19.9. The fraction of sp³-hybridized carbons (Fsp3) is 0.121. The molecule has 0 saturated heterocycles. The first-order valence-corrected chi connectivity index (χ1v) is 24.1. The molecule has 0 N–H and O–H groups in total. The summed E-state index contributed by atoms with van der Waals surface area (Å²) in [4.78, 5) is 2.43. The number of benzene rings is 9. The number of rotatable bonds is 4. The monoisotopic (exact) mass is 855 g/mol. The lowest BCUT2D eigenvalue weighted by atomic mass is 9.50. The van der Waals surface area contributed by atoms with E-state index < -0.39 is 10.8 Å². The standard InChI is InChI=1S/C66H49N/c1-42-19-17-27-53-51-25-10-14-31-57(51)66(62(42)53)59-33-16-15-32-58(59)65(55-29-12-8-23-49(55)50-24-9-13-30-56(50)65)63-47(26-18-34-60(63)66)43-35-37-45(38-36-43)67(44-20-5-4-6-21-44)46-39-40-52-48-22-7-11-28-54(48)64(2,3)61(52)41-46/h4-18,20-42H,19H2,1-3H3. The van der Waals surface area contributed by atoms with Crippen LogP contribution in [0.2, 0.25) is 0 Å². The summed E-state index contributed by atoms with van der Waals surface area (Å²) >= 11 is 0. The van der Waals surface area contributed by atoms with Crippen LogP contribution in [0.1, 0.15) is 82.8 Å². The van der Waals surface area contributed by atoms with Crippen LogP contribution in [0.15, 0.2) is 230 Å². The molecule has 0 amide bonds. The van der Waals surface area contributed by atoms with E-state index in [1.807, 2.05) is 0 Å². The number of nitrogens with zero attached hydrogens (tertiary/aromatic N) is 1. The van der Waals surface area contributed by atoms with E-state index in [0.717, 1.165) is 23.5 Å². The summed E-state index contributed by atoms with van der Waals surface area (Å²) in [6.45, 7) is 7.20. The number of hydrogen-bond acceptors (Lipinski definition) is 1. The third-order valence-corrected chi connectivity index (χ3v) is 16.4. The Morgan fingerprint density at radius 3 is 1.54 bits per heavy atom. The molecule has 0 bridgehead atoms. The first-order valence-electron chi connectivity index (χ1n) is 24.1. The zero-order valence-corrected chi connectivity index (χ0v) is 38.1. The van der Waals surface area contributed by atoms with E-state index in [0.29, 0.717) is 5.92 Å². The van der Waals surface area contributed by atoms with Gasteiger partial charge >= 0.3 is 0 Å². The lowest BCUT2D eigenvalue weighted by molar-refractivity contribution is 0.548. The molecule has 2 atom stereocenters. The highest BCUT2D eigenvalue weighted by atomic mass is 15.1. The van der Waals surface area contributed by atoms with Crippen molar-refractivity contribution in [3.63, 3.8) is 0 Å². The van der Waals surface area contributed by atoms with Crippen LogP contribution < -0.4 is 4.90 Å². The molecule has 2 unspecified atom stereocenters. The molecule has 1 nitrogen and oxygen atoms in total. The molecule has 0 fully saturated rings. The Balaban J connectivity index is 1.03. The van der Waals surface area contributed by atoms with Crippen molar-refractivity contribution in [1.82, 2.24) is 0 Å². The van der Waals surface area contributed by atoms with Crippen LogP contribution in [-0.2, 0) is 16.2 Å². The molecule has 67 heavy (non-hydrogen) atoms. The summed E-state index contributed by atoms with van der Waals surface area (Å²) in [5.74, 6) is 0.358. The number of anilines is 3. The molecule has 9 aromatic carbocycles. The van der Waals surface area contributed by atoms with Gasteiger partial charge in [0.25, 0.3) is 0 Å². The Labute approximate surface area is 394 Å². The maximum absolute atomic E-state index is 2.50. The predicted molar refractivity (Wildman–Crippen MR) is 278 cm³/mol. The van der Waals surface area contributed by atoms with E-state index in [1.165, 1.54) is 100 Å². The smallest absolute Gasteiger partial charge is 0.0725 e. The van der Waals surface area contributed by atoms with Gasteiger partial charge < -0.3 is 4.90 Å². The molecule has 0 heterocycles. The first kappa shape index (κ1) is 38.5. The summed E-state index contributed by atoms with van der Waals surface area (Å²) < 4.78 is 0. The van der Waals surface area contributed by atoms with Crippen molar-refractivity contribution in [2.45, 2.75) is 43.4 Å². The molecule has 0 radical (unpaired) electrons. The van der Waals surface area contributed by atoms with E-state index in [1.54, 1.807) is 0 Å². The van der Waals surface area contributed by atoms with Crippen LogP contribution >= 0.6 is 0 Å². The van der Waals surface area contributed by atoms with E-state index in [-0.39, 0.29) is 5.41 Å². The van der Waals surface area contributed by atoms with Crippen molar-refractivity contribution in [1.29, 1.82) is 0 Å². The van der Waals surface area contributed by atoms with Crippen molar-refractivity contribution < 1.29 is 0 Å². The zero-order valence-electron chi connectivity index (χ0n) is 38.1. The quantitative estimate of drug-likeness (QED) is 0.170. The van der Waals surface area contributed by atoms with Gasteiger partial charge in [-0.3, -0.25) is 0 Å². The summed E-state index contributed by atoms with van der Waals surface area (Å²) in [6.07, 6.45) is 5.85. The molecule has 14 rings (SSSR count). The fourth-order valence-corrected chi connectivity index (χ4v) is 13.8. The van der Waals surface area contributed by atoms with E-state index in [4.69, 9.17) is 0 Å². The minimum atomic E-state index is -0.559. The van der Waals surface area contributed by atoms with Gasteiger partial charge in [-0.05, 0) is 149 Å². The third-order valence-electron chi connectivity index (χ3n) is 16.4. The molecular formula is C66H49N. The van der Waals surface area contributed by atoms with Crippen LogP contribution in [0.25, 0.3) is 39.0 Å². The van der Waals surface area contributed by atoms with Crippen LogP contribution in [-0.4, -0.2) is 0 Å². The molecule has 5 aliphatic rings. The molecular weight excluding hydrogens is 807 g/mol. The SMILES string of the molecule is CC1CC=CC2=C1C1(c3ccccc32)c2ccccc2C2(c3ccccc3-c3ccccc32)c2c(-c3ccc(N(c4ccccc4)c4ccc5c(c4)C(C)(C)c4ccccc4-5)cc3)cccc21. The Hall–Kier alpha value is -7.74. The molecule has 1 heteroatoms. The summed E-state index contributed by atoms with van der Waals surface area (Å²) in [7, 11) is 0. The number of hydrogen-bond donors (Lipinski definition) is 0. The number of para-hydroxylation sites is 1. The molecule has 9 aromatic rings. The largest absolute Gasteiger partial charge is 0.310 e. The van der Waals surface area contributed by atoms with Gasteiger partial charge in [0, 0.05) is 22.5 Å². The van der Waals surface area contributed by atoms with Crippen molar-refractivity contribution >= 4 is 22.6 Å². The van der Waals surface area contributed by atoms with Gasteiger partial charge in [-0.2, -0.15) is 0 Å². The highest BCUT2D eigenvalue weighted by Gasteiger charge is 2.60. The predicted octanol–water partition coefficient (Wildman–Crippen LogP) is 16.5. The average Bonchev–Trinajstić information content (AvgIpc) is 3.94. The van der Waals surface area contributed by atoms with Crippen molar-refractivity contribution in [2.75, 3.05) is 4.90 Å². The van der Waals surface area contributed by atoms with Crippen molar-refractivity contribution in [3.8, 4) is 33.4 Å². The van der Waals surface area contributed by atoms with E-state index in [2.05, 4.69) is 250 Å². The highest BCUT2D eigenvalue weighted by Crippen LogP contribution is 2.69. The van der Waals surface area contributed by atoms with Gasteiger partial charge in [0.2, 0.25) is 0 Å².